The molecule has 7 nitrogen and oxygen atoms in total. The van der Waals surface area contributed by atoms with E-state index in [0.29, 0.717) is 23.0 Å². The number of carbonyl (C=O) groups excluding carboxylic acids is 2. The molecule has 1 atom stereocenters. The van der Waals surface area contributed by atoms with Gasteiger partial charge in [0.25, 0.3) is 5.56 Å². The van der Waals surface area contributed by atoms with Crippen LogP contribution in [0, 0.1) is 5.92 Å². The van der Waals surface area contributed by atoms with E-state index in [1.54, 1.807) is 23.1 Å². The van der Waals surface area contributed by atoms with Crippen LogP contribution in [0.3, 0.4) is 0 Å². The number of para-hydroxylation sites is 1. The van der Waals surface area contributed by atoms with Gasteiger partial charge in [-0.3, -0.25) is 14.4 Å². The zero-order valence-corrected chi connectivity index (χ0v) is 14.5. The molecule has 7 heteroatoms. The molecule has 27 heavy (non-hydrogen) atoms. The van der Waals surface area contributed by atoms with Crippen LogP contribution >= 0.6 is 0 Å². The minimum Gasteiger partial charge on any atom is -0.350 e. The number of nitrogens with zero attached hydrogens (tertiary/aromatic N) is 2. The van der Waals surface area contributed by atoms with E-state index in [4.69, 9.17) is 0 Å². The minimum absolute atomic E-state index is 0.0611. The van der Waals surface area contributed by atoms with Crippen molar-refractivity contribution in [3.05, 3.63) is 70.6 Å². The first kappa shape index (κ1) is 17.0. The smallest absolute Gasteiger partial charge is 0.272 e. The average Bonchev–Trinajstić information content (AvgIpc) is 3.10. The summed E-state index contributed by atoms with van der Waals surface area (Å²) in [4.78, 5) is 38.3. The number of H-pyrrole nitrogens is 1. The predicted molar refractivity (Wildman–Crippen MR) is 101 cm³/mol. The van der Waals surface area contributed by atoms with E-state index in [9.17, 15) is 14.4 Å². The molecule has 1 aliphatic rings. The lowest BCUT2D eigenvalue weighted by molar-refractivity contribution is -0.126. The second kappa shape index (κ2) is 7.03. The van der Waals surface area contributed by atoms with Crippen molar-refractivity contribution in [3.8, 4) is 0 Å². The fraction of sp³-hybridized carbons (Fsp3) is 0.200. The first-order valence-electron chi connectivity index (χ1n) is 8.73. The fourth-order valence-corrected chi connectivity index (χ4v) is 3.36. The molecule has 2 aromatic carbocycles. The van der Waals surface area contributed by atoms with Crippen molar-refractivity contribution < 1.29 is 9.59 Å². The summed E-state index contributed by atoms with van der Waals surface area (Å²) in [7, 11) is 0. The maximum atomic E-state index is 12.6. The molecule has 2 amide bonds. The van der Waals surface area contributed by atoms with Gasteiger partial charge in [0.15, 0.2) is 0 Å². The predicted octanol–water partition coefficient (Wildman–Crippen LogP) is 1.59. The maximum Gasteiger partial charge on any atom is 0.272 e. The van der Waals surface area contributed by atoms with Crippen LogP contribution in [0.4, 0.5) is 5.69 Å². The molecule has 0 spiro atoms. The standard InChI is InChI=1S/C20H18N4O3/c25-18-10-13(12-24(18)14-6-2-1-3-7-14)19(26)21-11-17-15-8-4-5-9-16(15)20(27)23-22-17/h1-9,13H,10-12H2,(H,21,26)(H,23,27)/t13-/m1/s1. The molecule has 0 aliphatic carbocycles. The monoisotopic (exact) mass is 362 g/mol. The van der Waals surface area contributed by atoms with E-state index in [-0.39, 0.29) is 30.3 Å². The lowest BCUT2D eigenvalue weighted by Crippen LogP contribution is -2.33. The Kier molecular flexibility index (Phi) is 4.42. The zero-order chi connectivity index (χ0) is 18.8. The van der Waals surface area contributed by atoms with Gasteiger partial charge < -0.3 is 10.2 Å². The van der Waals surface area contributed by atoms with Crippen molar-refractivity contribution in [1.82, 2.24) is 15.5 Å². The van der Waals surface area contributed by atoms with Gasteiger partial charge >= 0.3 is 0 Å². The van der Waals surface area contributed by atoms with Crippen LogP contribution in [0.1, 0.15) is 12.1 Å². The highest BCUT2D eigenvalue weighted by molar-refractivity contribution is 6.00. The molecule has 1 aliphatic heterocycles. The van der Waals surface area contributed by atoms with E-state index in [1.165, 1.54) is 0 Å². The molecule has 136 valence electrons. The molecular formula is C20H18N4O3. The number of fused-ring (bicyclic) bond motifs is 1. The van der Waals surface area contributed by atoms with Crippen molar-refractivity contribution in [2.45, 2.75) is 13.0 Å². The summed E-state index contributed by atoms with van der Waals surface area (Å²) in [6.07, 6.45) is 0.181. The Morgan fingerprint density at radius 2 is 1.78 bits per heavy atom. The third kappa shape index (κ3) is 3.31. The Morgan fingerprint density at radius 3 is 2.56 bits per heavy atom. The number of hydrogen-bond acceptors (Lipinski definition) is 4. The molecule has 3 aromatic rings. The topological polar surface area (TPSA) is 95.2 Å². The molecule has 2 heterocycles. The quantitative estimate of drug-likeness (QED) is 0.737. The average molecular weight is 362 g/mol. The molecule has 0 unspecified atom stereocenters. The molecule has 1 saturated heterocycles. The molecule has 0 radical (unpaired) electrons. The van der Waals surface area contributed by atoms with Crippen LogP contribution in [0.5, 0.6) is 0 Å². The first-order chi connectivity index (χ1) is 13.1. The molecule has 0 bridgehead atoms. The summed E-state index contributed by atoms with van der Waals surface area (Å²) in [6.45, 7) is 0.542. The van der Waals surface area contributed by atoms with Gasteiger partial charge in [-0.2, -0.15) is 5.10 Å². The van der Waals surface area contributed by atoms with E-state index < -0.39 is 5.92 Å². The van der Waals surface area contributed by atoms with Crippen LogP contribution in [0.25, 0.3) is 10.8 Å². The second-order valence-electron chi connectivity index (χ2n) is 6.50. The largest absolute Gasteiger partial charge is 0.350 e. The Labute approximate surface area is 155 Å². The zero-order valence-electron chi connectivity index (χ0n) is 14.5. The highest BCUT2D eigenvalue weighted by Crippen LogP contribution is 2.25. The Bertz CT molecular complexity index is 1060. The molecule has 1 aromatic heterocycles. The van der Waals surface area contributed by atoms with Crippen LogP contribution in [0.2, 0.25) is 0 Å². The fourth-order valence-electron chi connectivity index (χ4n) is 3.36. The van der Waals surface area contributed by atoms with Gasteiger partial charge in [-0.25, -0.2) is 5.10 Å². The van der Waals surface area contributed by atoms with Crippen LogP contribution in [-0.2, 0) is 16.1 Å². The van der Waals surface area contributed by atoms with Crippen LogP contribution in [-0.4, -0.2) is 28.6 Å². The number of aromatic amines is 1. The van der Waals surface area contributed by atoms with Gasteiger partial charge in [-0.1, -0.05) is 36.4 Å². The number of anilines is 1. The summed E-state index contributed by atoms with van der Waals surface area (Å²) in [5, 5.41) is 10.6. The van der Waals surface area contributed by atoms with Gasteiger partial charge in [0.05, 0.1) is 23.5 Å². The van der Waals surface area contributed by atoms with Crippen molar-refractivity contribution in [3.63, 3.8) is 0 Å². The number of aromatic nitrogens is 2. The first-order valence-corrected chi connectivity index (χ1v) is 8.73. The van der Waals surface area contributed by atoms with Gasteiger partial charge in [0.2, 0.25) is 11.8 Å². The molecular weight excluding hydrogens is 344 g/mol. The molecule has 4 rings (SSSR count). The molecule has 0 saturated carbocycles. The van der Waals surface area contributed by atoms with Gasteiger partial charge in [0.1, 0.15) is 0 Å². The summed E-state index contributed by atoms with van der Waals surface area (Å²) in [6, 6.07) is 16.4. The van der Waals surface area contributed by atoms with Crippen LogP contribution < -0.4 is 15.8 Å². The third-order valence-electron chi connectivity index (χ3n) is 4.77. The Morgan fingerprint density at radius 1 is 1.07 bits per heavy atom. The SMILES string of the molecule is O=C(NCc1n[nH]c(=O)c2ccccc12)[C@@H]1CC(=O)N(c2ccccc2)C1. The van der Waals surface area contributed by atoms with Crippen LogP contribution in [0.15, 0.2) is 59.4 Å². The minimum atomic E-state index is -0.410. The highest BCUT2D eigenvalue weighted by Gasteiger charge is 2.34. The summed E-state index contributed by atoms with van der Waals surface area (Å²) >= 11 is 0. The van der Waals surface area contributed by atoms with Crippen molar-refractivity contribution in [1.29, 1.82) is 0 Å². The van der Waals surface area contributed by atoms with Crippen molar-refractivity contribution >= 4 is 28.3 Å². The van der Waals surface area contributed by atoms with E-state index >= 15 is 0 Å². The lowest BCUT2D eigenvalue weighted by Gasteiger charge is -2.16. The molecule has 1 fully saturated rings. The number of carbonyl (C=O) groups is 2. The highest BCUT2D eigenvalue weighted by atomic mass is 16.2. The Hall–Kier alpha value is -3.48. The number of amides is 2. The van der Waals surface area contributed by atoms with E-state index in [2.05, 4.69) is 15.5 Å². The van der Waals surface area contributed by atoms with E-state index in [1.807, 2.05) is 36.4 Å². The molecule has 2 N–H and O–H groups in total. The third-order valence-corrected chi connectivity index (χ3v) is 4.77. The Balaban J connectivity index is 1.46. The normalized spacial score (nSPS) is 16.7. The van der Waals surface area contributed by atoms with Crippen molar-refractivity contribution in [2.24, 2.45) is 5.92 Å². The number of nitrogens with one attached hydrogen (secondary N) is 2. The lowest BCUT2D eigenvalue weighted by atomic mass is 10.1. The second-order valence-corrected chi connectivity index (χ2v) is 6.50. The van der Waals surface area contributed by atoms with Gasteiger partial charge in [0, 0.05) is 24.0 Å². The number of hydrogen-bond donors (Lipinski definition) is 2. The van der Waals surface area contributed by atoms with Crippen molar-refractivity contribution in [2.75, 3.05) is 11.4 Å². The summed E-state index contributed by atoms with van der Waals surface area (Å²) in [5.74, 6) is -0.667. The maximum absolute atomic E-state index is 12.6. The van der Waals surface area contributed by atoms with E-state index in [0.717, 1.165) is 5.69 Å². The van der Waals surface area contributed by atoms with Gasteiger partial charge in [-0.15, -0.1) is 0 Å². The summed E-state index contributed by atoms with van der Waals surface area (Å²) < 4.78 is 0. The summed E-state index contributed by atoms with van der Waals surface area (Å²) in [5.41, 5.74) is 1.12. The number of benzene rings is 2. The van der Waals surface area contributed by atoms with Gasteiger partial charge in [-0.05, 0) is 18.2 Å². The number of rotatable bonds is 4.